The molecule has 0 fully saturated rings. The van der Waals surface area contributed by atoms with E-state index in [1.54, 1.807) is 12.4 Å². The van der Waals surface area contributed by atoms with Crippen molar-refractivity contribution in [2.45, 2.75) is 6.04 Å². The first-order valence-corrected chi connectivity index (χ1v) is 6.51. The lowest BCUT2D eigenvalue weighted by molar-refractivity contribution is 0.863. The lowest BCUT2D eigenvalue weighted by Crippen LogP contribution is -2.12. The summed E-state index contributed by atoms with van der Waals surface area (Å²) in [5, 5.41) is 0. The van der Waals surface area contributed by atoms with Crippen molar-refractivity contribution in [3.05, 3.63) is 62.7 Å². The highest BCUT2D eigenvalue weighted by Gasteiger charge is 2.11. The number of hydrogen-bond donors (Lipinski definition) is 3. The minimum absolute atomic E-state index is 0.218. The molecule has 0 saturated carbocycles. The van der Waals surface area contributed by atoms with E-state index in [1.165, 1.54) is 0 Å². The molecule has 0 aliphatic rings. The Labute approximate surface area is 117 Å². The van der Waals surface area contributed by atoms with Gasteiger partial charge in [-0.25, -0.2) is 4.79 Å². The highest BCUT2D eigenvalue weighted by atomic mass is 79.9. The molecule has 6 heteroatoms. The van der Waals surface area contributed by atoms with Gasteiger partial charge in [-0.2, -0.15) is 0 Å². The van der Waals surface area contributed by atoms with Crippen LogP contribution in [0, 0.1) is 0 Å². The van der Waals surface area contributed by atoms with Crippen molar-refractivity contribution in [3.63, 3.8) is 0 Å². The Morgan fingerprint density at radius 1 is 1.11 bits per heavy atom. The monoisotopic (exact) mass is 318 g/mol. The van der Waals surface area contributed by atoms with Crippen molar-refractivity contribution in [3.8, 4) is 0 Å². The zero-order valence-electron chi connectivity index (χ0n) is 9.85. The molecule has 2 heterocycles. The van der Waals surface area contributed by atoms with Gasteiger partial charge in [0.05, 0.1) is 17.1 Å². The molecule has 0 amide bonds. The quantitative estimate of drug-likeness (QED) is 0.675. The standard InChI is InChI=1S/C13H11BrN4O/c14-9-3-8(5-16-6-9)12(15)7-1-2-10-11(4-7)18-13(19)17-10/h1-6,12H,15H2,(H2,17,18,19). The molecule has 4 N–H and O–H groups in total. The number of hydrogen-bond acceptors (Lipinski definition) is 3. The van der Waals surface area contributed by atoms with E-state index in [4.69, 9.17) is 5.73 Å². The summed E-state index contributed by atoms with van der Waals surface area (Å²) in [4.78, 5) is 20.8. The summed E-state index contributed by atoms with van der Waals surface area (Å²) >= 11 is 3.38. The van der Waals surface area contributed by atoms with Gasteiger partial charge in [-0.3, -0.25) is 4.98 Å². The highest BCUT2D eigenvalue weighted by Crippen LogP contribution is 2.23. The van der Waals surface area contributed by atoms with Gasteiger partial charge in [0.15, 0.2) is 0 Å². The number of aromatic amines is 2. The molecule has 0 aliphatic heterocycles. The highest BCUT2D eigenvalue weighted by molar-refractivity contribution is 9.10. The summed E-state index contributed by atoms with van der Waals surface area (Å²) in [7, 11) is 0. The minimum atomic E-state index is -0.284. The number of pyridine rings is 1. The van der Waals surface area contributed by atoms with E-state index in [0.29, 0.717) is 0 Å². The Bertz CT molecular complexity index is 792. The van der Waals surface area contributed by atoms with Crippen LogP contribution in [0.1, 0.15) is 17.2 Å². The Balaban J connectivity index is 2.05. The molecule has 0 radical (unpaired) electrons. The first kappa shape index (κ1) is 12.1. The zero-order valence-corrected chi connectivity index (χ0v) is 11.4. The number of nitrogens with zero attached hydrogens (tertiary/aromatic N) is 1. The Kier molecular flexibility index (Phi) is 2.96. The number of nitrogens with one attached hydrogen (secondary N) is 2. The molecule has 2 aromatic heterocycles. The Morgan fingerprint density at radius 3 is 2.68 bits per heavy atom. The molecule has 0 saturated heterocycles. The second-order valence-electron chi connectivity index (χ2n) is 4.30. The maximum Gasteiger partial charge on any atom is 0.323 e. The fraction of sp³-hybridized carbons (Fsp3) is 0.0769. The van der Waals surface area contributed by atoms with Gasteiger partial charge in [-0.1, -0.05) is 6.07 Å². The lowest BCUT2D eigenvalue weighted by Gasteiger charge is -2.12. The van der Waals surface area contributed by atoms with Gasteiger partial charge in [0.2, 0.25) is 0 Å². The summed E-state index contributed by atoms with van der Waals surface area (Å²) in [5.74, 6) is 0. The van der Waals surface area contributed by atoms with Crippen molar-refractivity contribution in [1.29, 1.82) is 0 Å². The number of halogens is 1. The van der Waals surface area contributed by atoms with Crippen molar-refractivity contribution >= 4 is 27.0 Å². The number of imidazole rings is 1. The SMILES string of the molecule is NC(c1cncc(Br)c1)c1ccc2[nH]c(=O)[nH]c2c1. The number of fused-ring (bicyclic) bond motifs is 1. The van der Waals surface area contributed by atoms with E-state index in [1.807, 2.05) is 24.3 Å². The van der Waals surface area contributed by atoms with Crippen LogP contribution in [0.4, 0.5) is 0 Å². The Hall–Kier alpha value is -1.92. The van der Waals surface area contributed by atoms with Gasteiger partial charge in [0.25, 0.3) is 0 Å². The number of rotatable bonds is 2. The predicted octanol–water partition coefficient (Wildman–Crippen LogP) is 2.06. The van der Waals surface area contributed by atoms with E-state index in [0.717, 1.165) is 26.6 Å². The number of H-pyrrole nitrogens is 2. The van der Waals surface area contributed by atoms with Gasteiger partial charge in [-0.15, -0.1) is 0 Å². The molecule has 5 nitrogen and oxygen atoms in total. The van der Waals surface area contributed by atoms with Crippen molar-refractivity contribution in [1.82, 2.24) is 15.0 Å². The molecule has 1 aromatic carbocycles. The van der Waals surface area contributed by atoms with Crippen LogP contribution >= 0.6 is 15.9 Å². The maximum atomic E-state index is 11.2. The van der Waals surface area contributed by atoms with E-state index in [2.05, 4.69) is 30.9 Å². The molecule has 0 spiro atoms. The van der Waals surface area contributed by atoms with E-state index in [9.17, 15) is 4.79 Å². The average Bonchev–Trinajstić information content (AvgIpc) is 2.76. The fourth-order valence-electron chi connectivity index (χ4n) is 2.03. The van der Waals surface area contributed by atoms with Crippen LogP contribution in [0.5, 0.6) is 0 Å². The third-order valence-corrected chi connectivity index (χ3v) is 3.42. The van der Waals surface area contributed by atoms with Crippen molar-refractivity contribution in [2.24, 2.45) is 5.73 Å². The average molecular weight is 319 g/mol. The van der Waals surface area contributed by atoms with E-state index >= 15 is 0 Å². The summed E-state index contributed by atoms with van der Waals surface area (Å²) in [5.41, 5.74) is 9.35. The van der Waals surface area contributed by atoms with Crippen molar-refractivity contribution < 1.29 is 0 Å². The molecular weight excluding hydrogens is 308 g/mol. The van der Waals surface area contributed by atoms with Crippen LogP contribution in [0.25, 0.3) is 11.0 Å². The number of nitrogens with two attached hydrogens (primary N) is 1. The molecular formula is C13H11BrN4O. The summed E-state index contributed by atoms with van der Waals surface area (Å²) < 4.78 is 0.886. The third kappa shape index (κ3) is 2.32. The van der Waals surface area contributed by atoms with Crippen molar-refractivity contribution in [2.75, 3.05) is 0 Å². The molecule has 0 bridgehead atoms. The molecule has 1 atom stereocenters. The maximum absolute atomic E-state index is 11.2. The Morgan fingerprint density at radius 2 is 1.89 bits per heavy atom. The van der Waals surface area contributed by atoms with E-state index in [-0.39, 0.29) is 11.7 Å². The van der Waals surface area contributed by atoms with Crippen LogP contribution < -0.4 is 11.4 Å². The molecule has 3 aromatic rings. The lowest BCUT2D eigenvalue weighted by atomic mass is 10.0. The summed E-state index contributed by atoms with van der Waals surface area (Å²) in [6, 6.07) is 7.26. The van der Waals surface area contributed by atoms with Gasteiger partial charge in [0.1, 0.15) is 0 Å². The fourth-order valence-corrected chi connectivity index (χ4v) is 2.42. The van der Waals surface area contributed by atoms with Crippen LogP contribution in [-0.2, 0) is 0 Å². The molecule has 0 aliphatic carbocycles. The van der Waals surface area contributed by atoms with Gasteiger partial charge < -0.3 is 15.7 Å². The summed E-state index contributed by atoms with van der Waals surface area (Å²) in [6.45, 7) is 0. The first-order chi connectivity index (χ1) is 9.13. The topological polar surface area (TPSA) is 87.6 Å². The molecule has 19 heavy (non-hydrogen) atoms. The second kappa shape index (κ2) is 4.64. The molecule has 3 rings (SSSR count). The smallest absolute Gasteiger partial charge is 0.320 e. The number of aromatic nitrogens is 3. The van der Waals surface area contributed by atoms with Crippen LogP contribution in [0.15, 0.2) is 45.9 Å². The van der Waals surface area contributed by atoms with Gasteiger partial charge >= 0.3 is 5.69 Å². The largest absolute Gasteiger partial charge is 0.323 e. The second-order valence-corrected chi connectivity index (χ2v) is 5.21. The normalized spacial score (nSPS) is 12.7. The summed E-state index contributed by atoms with van der Waals surface area (Å²) in [6.07, 6.45) is 3.45. The number of benzene rings is 1. The third-order valence-electron chi connectivity index (χ3n) is 2.98. The minimum Gasteiger partial charge on any atom is -0.320 e. The predicted molar refractivity (Wildman–Crippen MR) is 76.9 cm³/mol. The van der Waals surface area contributed by atoms with E-state index < -0.39 is 0 Å². The van der Waals surface area contributed by atoms with Crippen LogP contribution in [-0.4, -0.2) is 15.0 Å². The zero-order chi connectivity index (χ0) is 13.4. The van der Waals surface area contributed by atoms with Gasteiger partial charge in [-0.05, 0) is 45.3 Å². The molecule has 1 unspecified atom stereocenters. The molecule has 96 valence electrons. The first-order valence-electron chi connectivity index (χ1n) is 5.71. The van der Waals surface area contributed by atoms with Gasteiger partial charge in [0, 0.05) is 16.9 Å². The van der Waals surface area contributed by atoms with Crippen LogP contribution in [0.2, 0.25) is 0 Å². The van der Waals surface area contributed by atoms with Crippen LogP contribution in [0.3, 0.4) is 0 Å².